The van der Waals surface area contributed by atoms with Crippen molar-refractivity contribution in [3.63, 3.8) is 0 Å². The molecule has 0 bridgehead atoms. The minimum absolute atomic E-state index is 0.0372. The van der Waals surface area contributed by atoms with Gasteiger partial charge in [0.25, 0.3) is 5.91 Å². The van der Waals surface area contributed by atoms with Gasteiger partial charge in [0.05, 0.1) is 4.88 Å². The number of nitrogens with one attached hydrogen (secondary N) is 2. The number of benzene rings is 3. The molecular formula is C33H36N4OS. The van der Waals surface area contributed by atoms with Gasteiger partial charge >= 0.3 is 0 Å². The first-order valence-electron chi connectivity index (χ1n) is 14.1. The molecule has 5 nitrogen and oxygen atoms in total. The van der Waals surface area contributed by atoms with Crippen LogP contribution in [0.25, 0.3) is 21.0 Å². The minimum Gasteiger partial charge on any atom is -0.368 e. The van der Waals surface area contributed by atoms with E-state index in [4.69, 9.17) is 0 Å². The van der Waals surface area contributed by atoms with Crippen LogP contribution < -0.4 is 15.1 Å². The molecule has 2 aromatic heterocycles. The lowest BCUT2D eigenvalue weighted by atomic mass is 10.0. The summed E-state index contributed by atoms with van der Waals surface area (Å²) >= 11 is 1.60. The van der Waals surface area contributed by atoms with E-state index >= 15 is 0 Å². The van der Waals surface area contributed by atoms with Gasteiger partial charge in [0.15, 0.2) is 0 Å². The predicted octanol–water partition coefficient (Wildman–Crippen LogP) is 7.24. The second kappa shape index (κ2) is 11.5. The molecule has 0 radical (unpaired) electrons. The lowest BCUT2D eigenvalue weighted by Gasteiger charge is -2.37. The molecule has 6 heteroatoms. The van der Waals surface area contributed by atoms with Crippen molar-refractivity contribution in [1.82, 2.24) is 10.3 Å². The van der Waals surface area contributed by atoms with Gasteiger partial charge in [-0.1, -0.05) is 62.2 Å². The fourth-order valence-corrected chi connectivity index (χ4v) is 6.69. The maximum absolute atomic E-state index is 13.4. The fraction of sp³-hybridized carbons (Fsp3) is 0.303. The molecule has 6 rings (SSSR count). The number of nitrogens with zero attached hydrogens (tertiary/aromatic N) is 2. The van der Waals surface area contributed by atoms with Crippen molar-refractivity contribution in [2.24, 2.45) is 0 Å². The second-order valence-electron chi connectivity index (χ2n) is 10.5. The van der Waals surface area contributed by atoms with Gasteiger partial charge in [-0.05, 0) is 60.2 Å². The molecule has 1 unspecified atom stereocenters. The zero-order valence-electron chi connectivity index (χ0n) is 22.5. The van der Waals surface area contributed by atoms with Gasteiger partial charge in [0.2, 0.25) is 0 Å². The summed E-state index contributed by atoms with van der Waals surface area (Å²) in [4.78, 5) is 22.5. The molecule has 1 aliphatic heterocycles. The van der Waals surface area contributed by atoms with Crippen LogP contribution in [0, 0.1) is 0 Å². The van der Waals surface area contributed by atoms with Crippen molar-refractivity contribution in [3.05, 3.63) is 95.5 Å². The summed E-state index contributed by atoms with van der Waals surface area (Å²) in [5.41, 5.74) is 4.95. The first kappa shape index (κ1) is 25.5. The molecule has 3 heterocycles. The van der Waals surface area contributed by atoms with Crippen LogP contribution in [0.1, 0.15) is 41.4 Å². The average Bonchev–Trinajstić information content (AvgIpc) is 3.60. The summed E-state index contributed by atoms with van der Waals surface area (Å²) in [6, 6.07) is 27.8. The third kappa shape index (κ3) is 5.66. The zero-order valence-corrected chi connectivity index (χ0v) is 23.3. The monoisotopic (exact) mass is 536 g/mol. The lowest BCUT2D eigenvalue weighted by molar-refractivity contribution is 0.0938. The van der Waals surface area contributed by atoms with Crippen LogP contribution in [0.3, 0.4) is 0 Å². The van der Waals surface area contributed by atoms with Crippen LogP contribution in [-0.2, 0) is 6.42 Å². The zero-order chi connectivity index (χ0) is 26.6. The number of hydrogen-bond acceptors (Lipinski definition) is 4. The summed E-state index contributed by atoms with van der Waals surface area (Å²) < 4.78 is 1.17. The van der Waals surface area contributed by atoms with Gasteiger partial charge in [-0.3, -0.25) is 4.79 Å². The number of rotatable bonds is 9. The molecule has 1 amide bonds. The van der Waals surface area contributed by atoms with E-state index in [2.05, 4.69) is 112 Å². The number of hydrogen-bond donors (Lipinski definition) is 2. The number of H-pyrrole nitrogens is 1. The Balaban J connectivity index is 1.14. The largest absolute Gasteiger partial charge is 0.368 e. The van der Waals surface area contributed by atoms with E-state index in [9.17, 15) is 4.79 Å². The highest BCUT2D eigenvalue weighted by atomic mass is 32.1. The number of carbonyl (C=O) groups excluding carboxylic acids is 1. The normalized spacial score (nSPS) is 14.7. The lowest BCUT2D eigenvalue weighted by Crippen LogP contribution is -2.46. The van der Waals surface area contributed by atoms with Crippen molar-refractivity contribution >= 4 is 49.6 Å². The predicted molar refractivity (Wildman–Crippen MR) is 165 cm³/mol. The van der Waals surface area contributed by atoms with Crippen LogP contribution in [0.15, 0.2) is 85.1 Å². The van der Waals surface area contributed by atoms with Gasteiger partial charge < -0.3 is 20.1 Å². The Morgan fingerprint density at radius 3 is 2.46 bits per heavy atom. The Morgan fingerprint density at radius 1 is 0.923 bits per heavy atom. The number of aromatic amines is 1. The molecule has 1 aliphatic rings. The van der Waals surface area contributed by atoms with Crippen LogP contribution in [0.2, 0.25) is 0 Å². The summed E-state index contributed by atoms with van der Waals surface area (Å²) in [5.74, 6) is 0.0372. The van der Waals surface area contributed by atoms with Gasteiger partial charge in [-0.15, -0.1) is 11.3 Å². The van der Waals surface area contributed by atoms with E-state index in [-0.39, 0.29) is 11.9 Å². The van der Waals surface area contributed by atoms with E-state index in [0.29, 0.717) is 0 Å². The smallest absolute Gasteiger partial charge is 0.261 e. The summed E-state index contributed by atoms with van der Waals surface area (Å²) in [6.45, 7) is 6.21. The van der Waals surface area contributed by atoms with Crippen LogP contribution in [0.5, 0.6) is 0 Å². The Hall–Kier alpha value is -3.77. The van der Waals surface area contributed by atoms with Crippen LogP contribution in [0.4, 0.5) is 11.4 Å². The second-order valence-corrected chi connectivity index (χ2v) is 11.6. The number of thiophene rings is 1. The standard InChI is InChI=1S/C33H36N4OS/c1-2-3-9-26(20-25-23-34-30-13-8-7-12-29(25)30)35-33(38)32-21-24-14-15-28(22-31(24)39-32)37-18-16-36(17-19-37)27-10-5-4-6-11-27/h4-8,10-15,21-23,26,34H,2-3,9,16-20H2,1H3,(H,35,38). The van der Waals surface area contributed by atoms with E-state index in [1.807, 2.05) is 0 Å². The molecule has 1 atom stereocenters. The highest BCUT2D eigenvalue weighted by Gasteiger charge is 2.20. The van der Waals surface area contributed by atoms with Crippen LogP contribution >= 0.6 is 11.3 Å². The molecule has 1 fully saturated rings. The van der Waals surface area contributed by atoms with E-state index in [1.165, 1.54) is 27.0 Å². The topological polar surface area (TPSA) is 51.4 Å². The van der Waals surface area contributed by atoms with E-state index < -0.39 is 0 Å². The van der Waals surface area contributed by atoms with Crippen molar-refractivity contribution in [1.29, 1.82) is 0 Å². The molecule has 2 N–H and O–H groups in total. The maximum Gasteiger partial charge on any atom is 0.261 e. The van der Waals surface area contributed by atoms with E-state index in [1.54, 1.807) is 11.3 Å². The minimum atomic E-state index is 0.0372. The molecule has 0 aliphatic carbocycles. The Labute approximate surface area is 234 Å². The number of para-hydroxylation sites is 2. The van der Waals surface area contributed by atoms with E-state index in [0.717, 1.165) is 67.6 Å². The van der Waals surface area contributed by atoms with Crippen LogP contribution in [-0.4, -0.2) is 43.1 Å². The number of aromatic nitrogens is 1. The van der Waals surface area contributed by atoms with Gasteiger partial charge in [0.1, 0.15) is 0 Å². The molecular weight excluding hydrogens is 500 g/mol. The number of piperazine rings is 1. The van der Waals surface area contributed by atoms with Crippen molar-refractivity contribution in [2.75, 3.05) is 36.0 Å². The summed E-state index contributed by atoms with van der Waals surface area (Å²) in [5, 5.41) is 5.75. The number of anilines is 2. The third-order valence-corrected chi connectivity index (χ3v) is 8.97. The molecule has 200 valence electrons. The highest BCUT2D eigenvalue weighted by molar-refractivity contribution is 7.20. The fourth-order valence-electron chi connectivity index (χ4n) is 5.69. The first-order chi connectivity index (χ1) is 19.2. The number of carbonyl (C=O) groups is 1. The Morgan fingerprint density at radius 2 is 1.67 bits per heavy atom. The average molecular weight is 537 g/mol. The quantitative estimate of drug-likeness (QED) is 0.209. The molecule has 1 saturated heterocycles. The molecule has 0 spiro atoms. The highest BCUT2D eigenvalue weighted by Crippen LogP contribution is 2.31. The van der Waals surface area contributed by atoms with Gasteiger partial charge in [-0.25, -0.2) is 0 Å². The number of unbranched alkanes of at least 4 members (excludes halogenated alkanes) is 1. The van der Waals surface area contributed by atoms with Gasteiger partial charge in [-0.2, -0.15) is 0 Å². The Bertz CT molecular complexity index is 1550. The van der Waals surface area contributed by atoms with Crippen molar-refractivity contribution in [3.8, 4) is 0 Å². The number of amides is 1. The maximum atomic E-state index is 13.4. The molecule has 3 aromatic carbocycles. The van der Waals surface area contributed by atoms with Crippen molar-refractivity contribution in [2.45, 2.75) is 38.6 Å². The molecule has 0 saturated carbocycles. The Kier molecular flexibility index (Phi) is 7.55. The molecule has 5 aromatic rings. The SMILES string of the molecule is CCCCC(Cc1c[nH]c2ccccc12)NC(=O)c1cc2ccc(N3CCN(c4ccccc4)CC3)cc2s1. The van der Waals surface area contributed by atoms with Crippen molar-refractivity contribution < 1.29 is 4.79 Å². The summed E-state index contributed by atoms with van der Waals surface area (Å²) in [6.07, 6.45) is 6.12. The first-order valence-corrected chi connectivity index (χ1v) is 14.9. The third-order valence-electron chi connectivity index (χ3n) is 7.88. The summed E-state index contributed by atoms with van der Waals surface area (Å²) in [7, 11) is 0. The number of fused-ring (bicyclic) bond motifs is 2. The molecule has 39 heavy (non-hydrogen) atoms. The van der Waals surface area contributed by atoms with Gasteiger partial charge in [0, 0.05) is 65.4 Å².